The molecule has 2 aromatic carbocycles. The number of allylic oxidation sites excluding steroid dienone is 4. The SMILES string of the molecule is O=C1OC(=O)[C@H]2[C@@H]3C=C[C@H]([C@@H]12)[C@@H]1[C@@H]3[C@H]2[C@@H]1[C@@]1(c3ccccc3)C(=O)[C@@]2(c2ccccc2)C(c2ccncc2)=C1c1ccncc1. The van der Waals surface area contributed by atoms with Gasteiger partial charge in [0.05, 0.1) is 22.7 Å². The quantitative estimate of drug-likeness (QED) is 0.179. The van der Waals surface area contributed by atoms with Crippen LogP contribution in [0.5, 0.6) is 0 Å². The predicted octanol–water partition coefficient (Wildman–Crippen LogP) is 5.47. The molecule has 6 nitrogen and oxygen atoms in total. The van der Waals surface area contributed by atoms with Crippen LogP contribution in [0.1, 0.15) is 22.3 Å². The van der Waals surface area contributed by atoms with E-state index in [4.69, 9.17) is 4.74 Å². The molecule has 45 heavy (non-hydrogen) atoms. The third-order valence-electron chi connectivity index (χ3n) is 12.2. The molecule has 11 rings (SSSR count). The van der Waals surface area contributed by atoms with E-state index in [9.17, 15) is 9.59 Å². The van der Waals surface area contributed by atoms with Gasteiger partial charge in [-0.05, 0) is 93.2 Å². The Morgan fingerprint density at radius 1 is 0.533 bits per heavy atom. The van der Waals surface area contributed by atoms with Crippen LogP contribution in [0.4, 0.5) is 0 Å². The largest absolute Gasteiger partial charge is 0.393 e. The fraction of sp³-hybridized carbons (Fsp3) is 0.256. The lowest BCUT2D eigenvalue weighted by Crippen LogP contribution is -2.67. The van der Waals surface area contributed by atoms with E-state index in [1.165, 1.54) is 0 Å². The average molecular weight is 589 g/mol. The fourth-order valence-electron chi connectivity index (χ4n) is 11.2. The van der Waals surface area contributed by atoms with Gasteiger partial charge in [-0.15, -0.1) is 0 Å². The second-order valence-electron chi connectivity index (χ2n) is 13.4. The second kappa shape index (κ2) is 8.60. The number of carbonyl (C=O) groups is 3. The van der Waals surface area contributed by atoms with E-state index in [0.29, 0.717) is 0 Å². The summed E-state index contributed by atoms with van der Waals surface area (Å²) in [5.74, 6) is -1.97. The Hall–Kier alpha value is -4.97. The van der Waals surface area contributed by atoms with Crippen molar-refractivity contribution in [3.8, 4) is 0 Å². The molecule has 1 saturated heterocycles. The molecule has 0 spiro atoms. The Kier molecular flexibility index (Phi) is 4.85. The Morgan fingerprint density at radius 2 is 0.933 bits per heavy atom. The first-order valence-electron chi connectivity index (χ1n) is 15.8. The molecule has 1 aliphatic heterocycles. The first-order chi connectivity index (χ1) is 22.1. The Labute approximate surface area is 259 Å². The van der Waals surface area contributed by atoms with Crippen molar-refractivity contribution in [3.05, 3.63) is 144 Å². The standard InChI is InChI=1S/C39H28N2O4/c42-35-29-25-11-12-26(30(29)36(43)45-35)28-27(25)33-34(28)39(24-9-5-2-6-10-24)32(22-15-19-41-20-16-22)31(21-13-17-40-18-14-21)38(33,37(39)44)23-7-3-1-4-8-23/h1-20,25-30,33-34H/t25-,26+,27-,28-,29+,30-,33+,34-,38+,39+/m1/s1. The number of ether oxygens (including phenoxy) is 1. The highest BCUT2D eigenvalue weighted by atomic mass is 16.6. The Bertz CT molecular complexity index is 1850. The highest BCUT2D eigenvalue weighted by Gasteiger charge is 2.86. The summed E-state index contributed by atoms with van der Waals surface area (Å²) in [6.07, 6.45) is 11.5. The van der Waals surface area contributed by atoms with Gasteiger partial charge in [0.2, 0.25) is 0 Å². The van der Waals surface area contributed by atoms with Gasteiger partial charge in [0.25, 0.3) is 0 Å². The maximum atomic E-state index is 16.1. The zero-order chi connectivity index (χ0) is 30.1. The molecule has 0 radical (unpaired) electrons. The van der Waals surface area contributed by atoms with E-state index in [1.807, 2.05) is 60.7 Å². The molecular weight excluding hydrogens is 560 g/mol. The van der Waals surface area contributed by atoms with Gasteiger partial charge in [-0.25, -0.2) is 0 Å². The molecule has 6 aliphatic carbocycles. The number of rotatable bonds is 4. The van der Waals surface area contributed by atoms with Crippen molar-refractivity contribution in [1.29, 1.82) is 0 Å². The lowest BCUT2D eigenvalue weighted by molar-refractivity contribution is -0.167. The van der Waals surface area contributed by atoms with Crippen LogP contribution in [0, 0.1) is 47.3 Å². The molecule has 6 heteroatoms. The molecule has 218 valence electrons. The summed E-state index contributed by atoms with van der Waals surface area (Å²) < 4.78 is 5.32. The first-order valence-corrected chi connectivity index (χ1v) is 15.8. The smallest absolute Gasteiger partial charge is 0.318 e. The van der Waals surface area contributed by atoms with Crippen LogP contribution in [0.3, 0.4) is 0 Å². The van der Waals surface area contributed by atoms with E-state index in [-0.39, 0.29) is 41.3 Å². The molecule has 0 unspecified atom stereocenters. The number of aromatic nitrogens is 2. The van der Waals surface area contributed by atoms with Crippen LogP contribution in [0.25, 0.3) is 11.1 Å². The normalized spacial score (nSPS) is 38.1. The highest BCUT2D eigenvalue weighted by Crippen LogP contribution is 2.84. The minimum absolute atomic E-state index is 0.0512. The molecule has 0 amide bonds. The molecule has 10 atom stereocenters. The molecule has 3 heterocycles. The third kappa shape index (κ3) is 2.73. The molecular formula is C39H28N2O4. The van der Waals surface area contributed by atoms with Crippen molar-refractivity contribution in [1.82, 2.24) is 9.97 Å². The zero-order valence-corrected chi connectivity index (χ0v) is 24.2. The van der Waals surface area contributed by atoms with Crippen molar-refractivity contribution in [2.75, 3.05) is 0 Å². The topological polar surface area (TPSA) is 86.2 Å². The predicted molar refractivity (Wildman–Crippen MR) is 165 cm³/mol. The average Bonchev–Trinajstić information content (AvgIpc) is 3.60. The van der Waals surface area contributed by atoms with Crippen LogP contribution >= 0.6 is 0 Å². The zero-order valence-electron chi connectivity index (χ0n) is 24.2. The van der Waals surface area contributed by atoms with E-state index >= 15 is 4.79 Å². The molecule has 0 N–H and O–H groups in total. The van der Waals surface area contributed by atoms with Crippen molar-refractivity contribution in [2.45, 2.75) is 10.8 Å². The highest BCUT2D eigenvalue weighted by molar-refractivity contribution is 6.30. The minimum Gasteiger partial charge on any atom is -0.393 e. The molecule has 4 bridgehead atoms. The van der Waals surface area contributed by atoms with Crippen molar-refractivity contribution in [2.24, 2.45) is 47.3 Å². The molecule has 3 saturated carbocycles. The summed E-state index contributed by atoms with van der Waals surface area (Å²) in [5.41, 5.74) is 3.98. The molecule has 4 aromatic rings. The Morgan fingerprint density at radius 3 is 1.33 bits per heavy atom. The van der Waals surface area contributed by atoms with Gasteiger partial charge in [-0.3, -0.25) is 24.4 Å². The third-order valence-corrected chi connectivity index (χ3v) is 12.2. The summed E-state index contributed by atoms with van der Waals surface area (Å²) in [6, 6.07) is 28.6. The van der Waals surface area contributed by atoms with E-state index in [2.05, 4.69) is 46.4 Å². The van der Waals surface area contributed by atoms with E-state index in [1.54, 1.807) is 24.8 Å². The fourth-order valence-corrected chi connectivity index (χ4v) is 11.2. The van der Waals surface area contributed by atoms with Gasteiger partial charge >= 0.3 is 11.9 Å². The lowest BCUT2D eigenvalue weighted by atomic mass is 9.33. The van der Waals surface area contributed by atoms with Gasteiger partial charge in [-0.1, -0.05) is 72.8 Å². The Balaban J connectivity index is 1.36. The van der Waals surface area contributed by atoms with Gasteiger partial charge in [0, 0.05) is 24.8 Å². The number of Topliss-reactive ketones (excluding diaryl/α,β-unsaturated/α-hetero) is 1. The van der Waals surface area contributed by atoms with Crippen molar-refractivity contribution >= 4 is 28.9 Å². The monoisotopic (exact) mass is 588 g/mol. The van der Waals surface area contributed by atoms with E-state index in [0.717, 1.165) is 33.4 Å². The first kappa shape index (κ1) is 25.4. The van der Waals surface area contributed by atoms with Crippen LogP contribution in [-0.2, 0) is 30.0 Å². The van der Waals surface area contributed by atoms with Crippen LogP contribution < -0.4 is 0 Å². The number of carbonyl (C=O) groups excluding carboxylic acids is 3. The number of nitrogens with zero attached hydrogens (tertiary/aromatic N) is 2. The summed E-state index contributed by atoms with van der Waals surface area (Å²) >= 11 is 0. The van der Waals surface area contributed by atoms with Crippen molar-refractivity contribution < 1.29 is 19.1 Å². The lowest BCUT2D eigenvalue weighted by Gasteiger charge is -2.68. The van der Waals surface area contributed by atoms with Gasteiger partial charge in [-0.2, -0.15) is 0 Å². The number of pyridine rings is 2. The number of ketones is 1. The van der Waals surface area contributed by atoms with Crippen molar-refractivity contribution in [3.63, 3.8) is 0 Å². The van der Waals surface area contributed by atoms with Gasteiger partial charge in [0.15, 0.2) is 5.78 Å². The number of benzene rings is 2. The molecule has 4 fully saturated rings. The van der Waals surface area contributed by atoms with Crippen LogP contribution in [0.2, 0.25) is 0 Å². The van der Waals surface area contributed by atoms with Gasteiger partial charge in [0.1, 0.15) is 0 Å². The number of hydrogen-bond acceptors (Lipinski definition) is 6. The number of esters is 2. The van der Waals surface area contributed by atoms with Gasteiger partial charge < -0.3 is 4.74 Å². The maximum absolute atomic E-state index is 16.1. The van der Waals surface area contributed by atoms with Crippen LogP contribution in [0.15, 0.2) is 122 Å². The van der Waals surface area contributed by atoms with E-state index < -0.39 is 34.6 Å². The number of fused-ring (bicyclic) bond motifs is 5. The summed E-state index contributed by atoms with van der Waals surface area (Å²) in [5, 5.41) is 0. The summed E-state index contributed by atoms with van der Waals surface area (Å²) in [7, 11) is 0. The second-order valence-corrected chi connectivity index (χ2v) is 13.4. The summed E-state index contributed by atoms with van der Waals surface area (Å²) in [6.45, 7) is 0. The maximum Gasteiger partial charge on any atom is 0.318 e. The number of hydrogen-bond donors (Lipinski definition) is 0. The summed E-state index contributed by atoms with van der Waals surface area (Å²) in [4.78, 5) is 51.2. The minimum atomic E-state index is -0.976. The van der Waals surface area contributed by atoms with Crippen LogP contribution in [-0.4, -0.2) is 27.7 Å². The number of cyclic esters (lactones) is 2. The molecule has 2 aromatic heterocycles. The molecule has 7 aliphatic rings.